The summed E-state index contributed by atoms with van der Waals surface area (Å²) in [6, 6.07) is 5.54. The zero-order valence-corrected chi connectivity index (χ0v) is 12.5. The first-order valence-electron chi connectivity index (χ1n) is 5.86. The molecule has 102 valence electrons. The number of carbonyl (C=O) groups excluding carboxylic acids is 1. The largest absolute Gasteiger partial charge is 1.00 e. The van der Waals surface area contributed by atoms with Gasteiger partial charge in [0.25, 0.3) is 5.91 Å². The average Bonchev–Trinajstić information content (AvgIpc) is 2.23. The average molecular weight is 291 g/mol. The second-order valence-corrected chi connectivity index (χ2v) is 5.04. The first-order chi connectivity index (χ1) is 7.99. The third-order valence-electron chi connectivity index (χ3n) is 2.42. The van der Waals surface area contributed by atoms with E-state index >= 15 is 0 Å². The van der Waals surface area contributed by atoms with Crippen molar-refractivity contribution in [3.8, 4) is 0 Å². The van der Waals surface area contributed by atoms with E-state index in [9.17, 15) is 4.79 Å². The lowest BCUT2D eigenvalue weighted by Gasteiger charge is -2.07. The molecule has 0 aliphatic carbocycles. The summed E-state index contributed by atoms with van der Waals surface area (Å²) in [5.41, 5.74) is 1.76. The van der Waals surface area contributed by atoms with Gasteiger partial charge < -0.3 is 23.0 Å². The van der Waals surface area contributed by atoms with Gasteiger partial charge in [-0.2, -0.15) is 0 Å². The van der Waals surface area contributed by atoms with E-state index in [1.807, 2.05) is 24.4 Å². The molecular weight excluding hydrogens is 271 g/mol. The quantitative estimate of drug-likeness (QED) is 0.704. The fourth-order valence-corrected chi connectivity index (χ4v) is 1.61. The fraction of sp³-hybridized carbons (Fsp3) is 0.462. The Bertz CT molecular complexity index is 395. The molecule has 5 heteroatoms. The highest BCUT2D eigenvalue weighted by Gasteiger charge is 2.06. The Morgan fingerprint density at radius 1 is 1.44 bits per heavy atom. The van der Waals surface area contributed by atoms with Gasteiger partial charge in [0.1, 0.15) is 0 Å². The number of halogens is 2. The standard InChI is InChI=1S/C13H19ClN2O.ClH/c1-9(2)7-15-8-13(17)16-11-5-4-10(3)12(14)6-11;/h4-6,9,15H,7-8H2,1-3H3,(H,16,17);1H. The third-order valence-corrected chi connectivity index (χ3v) is 2.83. The lowest BCUT2D eigenvalue weighted by Crippen LogP contribution is -3.00. The van der Waals surface area contributed by atoms with Crippen molar-refractivity contribution < 1.29 is 22.5 Å². The van der Waals surface area contributed by atoms with Crippen molar-refractivity contribution >= 4 is 23.2 Å². The summed E-state index contributed by atoms with van der Waals surface area (Å²) in [5, 5.41) is 5.51. The summed E-state index contributed by atoms with van der Waals surface area (Å²) in [5.74, 6) is 0.599. The maximum atomic E-state index is 11.6. The molecular formula is C13H20Cl2N2O. The molecule has 0 fully saturated rings. The Balaban J connectivity index is 0.00000289. The molecule has 0 unspecified atom stereocenters. The smallest absolute Gasteiger partial charge is 0.279 e. The predicted molar refractivity (Wildman–Crippen MR) is 71.3 cm³/mol. The van der Waals surface area contributed by atoms with E-state index in [1.165, 1.54) is 0 Å². The maximum absolute atomic E-state index is 11.6. The summed E-state index contributed by atoms with van der Waals surface area (Å²) in [6.07, 6.45) is 0. The van der Waals surface area contributed by atoms with Crippen molar-refractivity contribution in [2.75, 3.05) is 18.4 Å². The molecule has 0 aliphatic rings. The SMILES string of the molecule is Cc1ccc(NC(=O)C[NH2+]CC(C)C)cc1Cl.[Cl-]. The second-order valence-electron chi connectivity index (χ2n) is 4.63. The minimum Gasteiger partial charge on any atom is -1.00 e. The molecule has 0 bridgehead atoms. The molecule has 0 aromatic heterocycles. The van der Waals surface area contributed by atoms with E-state index in [0.717, 1.165) is 17.8 Å². The summed E-state index contributed by atoms with van der Waals surface area (Å²) < 4.78 is 0. The van der Waals surface area contributed by atoms with Crippen LogP contribution in [0.25, 0.3) is 0 Å². The van der Waals surface area contributed by atoms with Crippen LogP contribution < -0.4 is 23.0 Å². The lowest BCUT2D eigenvalue weighted by atomic mass is 10.2. The Labute approximate surface area is 120 Å². The molecule has 0 saturated carbocycles. The van der Waals surface area contributed by atoms with Crippen LogP contribution in [0.1, 0.15) is 19.4 Å². The van der Waals surface area contributed by atoms with Gasteiger partial charge in [-0.3, -0.25) is 4.79 Å². The number of nitrogens with one attached hydrogen (secondary N) is 1. The molecule has 0 heterocycles. The monoisotopic (exact) mass is 290 g/mol. The van der Waals surface area contributed by atoms with Gasteiger partial charge in [0.15, 0.2) is 6.54 Å². The summed E-state index contributed by atoms with van der Waals surface area (Å²) in [7, 11) is 0. The number of benzene rings is 1. The van der Waals surface area contributed by atoms with E-state index in [4.69, 9.17) is 11.6 Å². The number of anilines is 1. The number of rotatable bonds is 5. The predicted octanol–water partition coefficient (Wildman–Crippen LogP) is -1.19. The van der Waals surface area contributed by atoms with Gasteiger partial charge in [0.2, 0.25) is 0 Å². The molecule has 1 amide bonds. The minimum atomic E-state index is 0. The number of amides is 1. The molecule has 3 nitrogen and oxygen atoms in total. The van der Waals surface area contributed by atoms with E-state index in [0.29, 0.717) is 17.5 Å². The summed E-state index contributed by atoms with van der Waals surface area (Å²) in [4.78, 5) is 11.6. The van der Waals surface area contributed by atoms with Crippen molar-refractivity contribution in [1.82, 2.24) is 0 Å². The van der Waals surface area contributed by atoms with Gasteiger partial charge in [0, 0.05) is 16.6 Å². The Kier molecular flexibility index (Phi) is 8.00. The van der Waals surface area contributed by atoms with E-state index in [1.54, 1.807) is 6.07 Å². The Hall–Kier alpha value is -0.770. The lowest BCUT2D eigenvalue weighted by molar-refractivity contribution is -0.648. The fourth-order valence-electron chi connectivity index (χ4n) is 1.43. The van der Waals surface area contributed by atoms with Gasteiger partial charge in [0.05, 0.1) is 6.54 Å². The Morgan fingerprint density at radius 3 is 2.67 bits per heavy atom. The van der Waals surface area contributed by atoms with Crippen molar-refractivity contribution in [2.24, 2.45) is 5.92 Å². The van der Waals surface area contributed by atoms with E-state index in [-0.39, 0.29) is 18.3 Å². The number of carbonyl (C=O) groups is 1. The molecule has 1 aromatic carbocycles. The van der Waals surface area contributed by atoms with E-state index < -0.39 is 0 Å². The minimum absolute atomic E-state index is 0. The van der Waals surface area contributed by atoms with Crippen LogP contribution in [-0.2, 0) is 4.79 Å². The van der Waals surface area contributed by atoms with E-state index in [2.05, 4.69) is 19.2 Å². The first kappa shape index (κ1) is 17.2. The highest BCUT2D eigenvalue weighted by atomic mass is 35.5. The molecule has 0 atom stereocenters. The van der Waals surface area contributed by atoms with Gasteiger partial charge in [-0.25, -0.2) is 0 Å². The van der Waals surface area contributed by atoms with Crippen LogP contribution in [0.2, 0.25) is 5.02 Å². The summed E-state index contributed by atoms with van der Waals surface area (Å²) in [6.45, 7) is 7.61. The number of aryl methyl sites for hydroxylation is 1. The zero-order valence-electron chi connectivity index (χ0n) is 11.0. The molecule has 3 N–H and O–H groups in total. The summed E-state index contributed by atoms with van der Waals surface area (Å²) >= 11 is 5.98. The van der Waals surface area contributed by atoms with Gasteiger partial charge in [-0.15, -0.1) is 0 Å². The second kappa shape index (κ2) is 8.35. The number of hydrogen-bond donors (Lipinski definition) is 2. The van der Waals surface area contributed by atoms with Gasteiger partial charge >= 0.3 is 0 Å². The van der Waals surface area contributed by atoms with Crippen LogP contribution >= 0.6 is 11.6 Å². The Morgan fingerprint density at radius 2 is 2.11 bits per heavy atom. The van der Waals surface area contributed by atoms with Crippen molar-refractivity contribution in [1.29, 1.82) is 0 Å². The normalized spacial score (nSPS) is 10.1. The van der Waals surface area contributed by atoms with Crippen LogP contribution in [0, 0.1) is 12.8 Å². The topological polar surface area (TPSA) is 45.7 Å². The van der Waals surface area contributed by atoms with Crippen LogP contribution in [0.5, 0.6) is 0 Å². The van der Waals surface area contributed by atoms with Crippen LogP contribution in [0.15, 0.2) is 18.2 Å². The molecule has 0 spiro atoms. The van der Waals surface area contributed by atoms with Gasteiger partial charge in [-0.1, -0.05) is 31.5 Å². The molecule has 1 aromatic rings. The third kappa shape index (κ3) is 6.24. The van der Waals surface area contributed by atoms with Gasteiger partial charge in [-0.05, 0) is 24.6 Å². The van der Waals surface area contributed by atoms with Crippen molar-refractivity contribution in [3.63, 3.8) is 0 Å². The highest BCUT2D eigenvalue weighted by Crippen LogP contribution is 2.19. The zero-order chi connectivity index (χ0) is 12.8. The molecule has 0 radical (unpaired) electrons. The molecule has 0 aliphatic heterocycles. The molecule has 18 heavy (non-hydrogen) atoms. The molecule has 0 saturated heterocycles. The maximum Gasteiger partial charge on any atom is 0.279 e. The van der Waals surface area contributed by atoms with Crippen LogP contribution in [-0.4, -0.2) is 19.0 Å². The number of quaternary nitrogens is 1. The number of hydrogen-bond acceptors (Lipinski definition) is 1. The van der Waals surface area contributed by atoms with Crippen LogP contribution in [0.4, 0.5) is 5.69 Å². The molecule has 1 rings (SSSR count). The number of nitrogens with two attached hydrogens (primary N) is 1. The van der Waals surface area contributed by atoms with Crippen molar-refractivity contribution in [2.45, 2.75) is 20.8 Å². The van der Waals surface area contributed by atoms with Crippen molar-refractivity contribution in [3.05, 3.63) is 28.8 Å². The van der Waals surface area contributed by atoms with Crippen LogP contribution in [0.3, 0.4) is 0 Å². The first-order valence-corrected chi connectivity index (χ1v) is 6.24. The highest BCUT2D eigenvalue weighted by molar-refractivity contribution is 6.31.